The summed E-state index contributed by atoms with van der Waals surface area (Å²) in [5.41, 5.74) is 6.20. The van der Waals surface area contributed by atoms with E-state index in [1.54, 1.807) is 30.5 Å². The van der Waals surface area contributed by atoms with Gasteiger partial charge in [-0.15, -0.1) is 0 Å². The van der Waals surface area contributed by atoms with Gasteiger partial charge in [-0.25, -0.2) is 4.79 Å². The third kappa shape index (κ3) is 8.35. The third-order valence-corrected chi connectivity index (χ3v) is 8.03. The van der Waals surface area contributed by atoms with Crippen LogP contribution in [0.5, 0.6) is 0 Å². The van der Waals surface area contributed by atoms with Crippen LogP contribution in [0.15, 0.2) is 0 Å². The lowest BCUT2D eigenvalue weighted by molar-refractivity contribution is -0.140. The first-order chi connectivity index (χ1) is 15.5. The number of likely N-dealkylation sites (tertiary alicyclic amines) is 1. The second kappa shape index (κ2) is 12.8. The van der Waals surface area contributed by atoms with E-state index in [0.717, 1.165) is 25.0 Å². The van der Waals surface area contributed by atoms with E-state index >= 15 is 0 Å². The summed E-state index contributed by atoms with van der Waals surface area (Å²) in [7, 11) is 0. The predicted octanol–water partition coefficient (Wildman–Crippen LogP) is 3.04. The third-order valence-electron chi connectivity index (χ3n) is 6.43. The highest BCUT2D eigenvalue weighted by Gasteiger charge is 2.45. The quantitative estimate of drug-likeness (QED) is 0.439. The van der Waals surface area contributed by atoms with E-state index in [0.29, 0.717) is 25.4 Å². The largest absolute Gasteiger partial charge is 0.447 e. The molecule has 3 atom stereocenters. The van der Waals surface area contributed by atoms with Crippen LogP contribution in [0.3, 0.4) is 0 Å². The number of hydrogen-bond acceptors (Lipinski definition) is 6. The average Bonchev–Trinajstić information content (AvgIpc) is 3.16. The normalized spacial score (nSPS) is 22.8. The fourth-order valence-electron chi connectivity index (χ4n) is 4.63. The minimum absolute atomic E-state index is 0.149. The monoisotopic (exact) mass is 484 g/mol. The molecule has 0 bridgehead atoms. The summed E-state index contributed by atoms with van der Waals surface area (Å²) in [6.45, 7) is 10.4. The smallest absolute Gasteiger partial charge is 0.408 e. The Morgan fingerprint density at radius 1 is 1.18 bits per heavy atom. The number of carbonyl (C=O) groups is 3. The van der Waals surface area contributed by atoms with Crippen LogP contribution in [0.4, 0.5) is 4.79 Å². The van der Waals surface area contributed by atoms with Crippen LogP contribution in [0.25, 0.3) is 0 Å². The molecule has 0 spiro atoms. The van der Waals surface area contributed by atoms with E-state index < -0.39 is 22.9 Å². The number of thioether (sulfide) groups is 1. The van der Waals surface area contributed by atoms with Crippen LogP contribution in [-0.2, 0) is 14.3 Å². The zero-order valence-electron chi connectivity index (χ0n) is 21.0. The number of amides is 3. The molecule has 2 aliphatic rings. The summed E-state index contributed by atoms with van der Waals surface area (Å²) in [6.07, 6.45) is 6.41. The summed E-state index contributed by atoms with van der Waals surface area (Å²) < 4.78 is 4.68. The molecule has 1 saturated carbocycles. The van der Waals surface area contributed by atoms with Crippen LogP contribution in [0, 0.1) is 5.92 Å². The summed E-state index contributed by atoms with van der Waals surface area (Å²) in [6, 6.07) is -1.72. The Labute approximate surface area is 203 Å². The van der Waals surface area contributed by atoms with Gasteiger partial charge in [0.1, 0.15) is 12.1 Å². The second-order valence-electron chi connectivity index (χ2n) is 10.2. The minimum atomic E-state index is -0.834. The Kier molecular flexibility index (Phi) is 10.8. The van der Waals surface area contributed by atoms with Gasteiger partial charge in [0.15, 0.2) is 0 Å². The molecular formula is C24H44N4O4S. The highest BCUT2D eigenvalue weighted by molar-refractivity contribution is 8.00. The first-order valence-corrected chi connectivity index (χ1v) is 13.5. The lowest BCUT2D eigenvalue weighted by Crippen LogP contribution is -2.60. The molecule has 33 heavy (non-hydrogen) atoms. The van der Waals surface area contributed by atoms with Crippen molar-refractivity contribution in [2.45, 2.75) is 109 Å². The van der Waals surface area contributed by atoms with Crippen LogP contribution < -0.4 is 16.4 Å². The highest BCUT2D eigenvalue weighted by Crippen LogP contribution is 2.32. The molecule has 9 heteroatoms. The van der Waals surface area contributed by atoms with E-state index in [4.69, 9.17) is 10.5 Å². The molecule has 0 aromatic carbocycles. The summed E-state index contributed by atoms with van der Waals surface area (Å²) in [4.78, 5) is 40.8. The number of nitrogens with zero attached hydrogens (tertiary/aromatic N) is 1. The summed E-state index contributed by atoms with van der Waals surface area (Å²) in [5.74, 6) is 0.925. The maximum atomic E-state index is 13.7. The van der Waals surface area contributed by atoms with Gasteiger partial charge in [-0.3, -0.25) is 9.59 Å². The van der Waals surface area contributed by atoms with Gasteiger partial charge in [-0.05, 0) is 65.0 Å². The molecule has 1 aliphatic heterocycles. The zero-order chi connectivity index (χ0) is 24.6. The van der Waals surface area contributed by atoms with Crippen LogP contribution in [-0.4, -0.2) is 70.6 Å². The molecular weight excluding hydrogens is 440 g/mol. The van der Waals surface area contributed by atoms with Crippen LogP contribution in [0.1, 0.15) is 79.6 Å². The average molecular weight is 485 g/mol. The molecule has 2 fully saturated rings. The number of hydrogen-bond donors (Lipinski definition) is 3. The molecule has 3 amide bonds. The van der Waals surface area contributed by atoms with Gasteiger partial charge < -0.3 is 26.0 Å². The second-order valence-corrected chi connectivity index (χ2v) is 12.0. The SMILES string of the molecule is CCCSC(C)(C)[C@@H](NC(=O)OC(C)C)C(=O)N1C[C@H](N)C[C@H]1C(=O)NCC1CCCCC1. The van der Waals surface area contributed by atoms with Crippen molar-refractivity contribution in [1.29, 1.82) is 0 Å². The van der Waals surface area contributed by atoms with Gasteiger partial charge in [0.2, 0.25) is 11.8 Å². The maximum Gasteiger partial charge on any atom is 0.408 e. The van der Waals surface area contributed by atoms with Crippen molar-refractivity contribution in [2.24, 2.45) is 11.7 Å². The molecule has 0 aromatic heterocycles. The van der Waals surface area contributed by atoms with Gasteiger partial charge in [0.05, 0.1) is 6.10 Å². The zero-order valence-corrected chi connectivity index (χ0v) is 21.8. The Bertz CT molecular complexity index is 667. The number of carbonyl (C=O) groups excluding carboxylic acids is 3. The van der Waals surface area contributed by atoms with Crippen molar-refractivity contribution < 1.29 is 19.1 Å². The Morgan fingerprint density at radius 2 is 1.85 bits per heavy atom. The fraction of sp³-hybridized carbons (Fsp3) is 0.875. The van der Waals surface area contributed by atoms with Crippen LogP contribution in [0.2, 0.25) is 0 Å². The number of rotatable bonds is 10. The van der Waals surface area contributed by atoms with Gasteiger partial charge in [-0.1, -0.05) is 26.2 Å². The Balaban J connectivity index is 2.14. The minimum Gasteiger partial charge on any atom is -0.447 e. The molecule has 1 saturated heterocycles. The molecule has 1 aliphatic carbocycles. The van der Waals surface area contributed by atoms with Crippen molar-refractivity contribution in [3.8, 4) is 0 Å². The molecule has 4 N–H and O–H groups in total. The number of ether oxygens (including phenoxy) is 1. The summed E-state index contributed by atoms with van der Waals surface area (Å²) in [5, 5.41) is 5.86. The molecule has 2 rings (SSSR count). The first kappa shape index (κ1) is 27.8. The number of nitrogens with two attached hydrogens (primary N) is 1. The van der Waals surface area contributed by atoms with Gasteiger partial charge in [-0.2, -0.15) is 11.8 Å². The van der Waals surface area contributed by atoms with E-state index in [-0.39, 0.29) is 24.0 Å². The molecule has 0 aromatic rings. The highest BCUT2D eigenvalue weighted by atomic mass is 32.2. The van der Waals surface area contributed by atoms with Crippen molar-refractivity contribution in [3.63, 3.8) is 0 Å². The summed E-state index contributed by atoms with van der Waals surface area (Å²) >= 11 is 1.62. The van der Waals surface area contributed by atoms with E-state index in [1.807, 2.05) is 13.8 Å². The first-order valence-electron chi connectivity index (χ1n) is 12.5. The Hall–Kier alpha value is -1.48. The molecule has 0 radical (unpaired) electrons. The predicted molar refractivity (Wildman–Crippen MR) is 133 cm³/mol. The van der Waals surface area contributed by atoms with Gasteiger partial charge in [0.25, 0.3) is 0 Å². The fourth-order valence-corrected chi connectivity index (χ4v) is 5.68. The van der Waals surface area contributed by atoms with Gasteiger partial charge >= 0.3 is 6.09 Å². The van der Waals surface area contributed by atoms with Crippen molar-refractivity contribution in [3.05, 3.63) is 0 Å². The number of alkyl carbamates (subject to hydrolysis) is 1. The number of nitrogens with one attached hydrogen (secondary N) is 2. The van der Waals surface area contributed by atoms with Crippen molar-refractivity contribution in [1.82, 2.24) is 15.5 Å². The van der Waals surface area contributed by atoms with E-state index in [2.05, 4.69) is 17.6 Å². The Morgan fingerprint density at radius 3 is 2.45 bits per heavy atom. The molecule has 0 unspecified atom stereocenters. The topological polar surface area (TPSA) is 114 Å². The van der Waals surface area contributed by atoms with Gasteiger partial charge in [0, 0.05) is 23.9 Å². The molecule has 190 valence electrons. The maximum absolute atomic E-state index is 13.7. The molecule has 8 nitrogen and oxygen atoms in total. The molecule has 1 heterocycles. The lowest BCUT2D eigenvalue weighted by atomic mass is 9.89. The van der Waals surface area contributed by atoms with Crippen LogP contribution >= 0.6 is 11.8 Å². The van der Waals surface area contributed by atoms with Crippen molar-refractivity contribution >= 4 is 29.7 Å². The van der Waals surface area contributed by atoms with Crippen molar-refractivity contribution in [2.75, 3.05) is 18.8 Å². The lowest BCUT2D eigenvalue weighted by Gasteiger charge is -2.37. The standard InChI is InChI=1S/C24H44N4O4S/c1-6-12-33-24(4,5)20(27-23(31)32-16(2)3)22(30)28-15-18(25)13-19(28)21(29)26-14-17-10-8-7-9-11-17/h16-20H,6-15,25H2,1-5H3,(H,26,29)(H,27,31)/t18-,19+,20+/m1/s1. The van der Waals surface area contributed by atoms with E-state index in [9.17, 15) is 14.4 Å². The van der Waals surface area contributed by atoms with E-state index in [1.165, 1.54) is 19.3 Å².